The van der Waals surface area contributed by atoms with Crippen LogP contribution in [0.1, 0.15) is 67.2 Å². The predicted octanol–water partition coefficient (Wildman–Crippen LogP) is -3.38. The Bertz CT molecular complexity index is 1080. The summed E-state index contributed by atoms with van der Waals surface area (Å²) in [5.74, 6) is -7.78. The lowest BCUT2D eigenvalue weighted by Crippen LogP contribution is -2.64. The van der Waals surface area contributed by atoms with E-state index in [1.54, 1.807) is 27.7 Å². The van der Waals surface area contributed by atoms with Crippen molar-refractivity contribution in [2.24, 2.45) is 11.8 Å². The molecule has 0 unspecified atom stereocenters. The van der Waals surface area contributed by atoms with E-state index in [-0.39, 0.29) is 12.3 Å². The van der Waals surface area contributed by atoms with Crippen molar-refractivity contribution in [2.75, 3.05) is 6.61 Å². The van der Waals surface area contributed by atoms with Gasteiger partial charge in [0.1, 0.15) is 36.3 Å². The maximum absolute atomic E-state index is 13.5. The van der Waals surface area contributed by atoms with E-state index in [9.17, 15) is 48.9 Å². The first-order valence-corrected chi connectivity index (χ1v) is 14.9. The number of aliphatic carboxylic acids is 1. The van der Waals surface area contributed by atoms with Crippen LogP contribution in [0.3, 0.4) is 0 Å². The van der Waals surface area contributed by atoms with Gasteiger partial charge < -0.3 is 52.3 Å². The van der Waals surface area contributed by atoms with Gasteiger partial charge in [-0.15, -0.1) is 0 Å². The third kappa shape index (κ3) is 12.2. The Labute approximate surface area is 261 Å². The third-order valence-corrected chi connectivity index (χ3v) is 7.35. The van der Waals surface area contributed by atoms with Crippen LogP contribution < -0.4 is 31.9 Å². The summed E-state index contributed by atoms with van der Waals surface area (Å²) in [6.45, 7) is 8.38. The van der Waals surface area contributed by atoms with Gasteiger partial charge in [-0.1, -0.05) is 34.1 Å². The summed E-state index contributed by atoms with van der Waals surface area (Å²) in [5.41, 5.74) is 0. The first-order chi connectivity index (χ1) is 20.9. The summed E-state index contributed by atoms with van der Waals surface area (Å²) in [4.78, 5) is 90.8. The maximum Gasteiger partial charge on any atom is 0.303 e. The van der Waals surface area contributed by atoms with Gasteiger partial charge in [0.05, 0.1) is 18.8 Å². The lowest BCUT2D eigenvalue weighted by Gasteiger charge is -2.31. The highest BCUT2D eigenvalue weighted by Crippen LogP contribution is 2.12. The van der Waals surface area contributed by atoms with Crippen LogP contribution in [0, 0.1) is 11.8 Å². The van der Waals surface area contributed by atoms with Crippen molar-refractivity contribution in [3.05, 3.63) is 0 Å². The maximum atomic E-state index is 13.5. The van der Waals surface area contributed by atoms with Gasteiger partial charge in [-0.2, -0.15) is 0 Å². The molecule has 6 amide bonds. The second-order valence-electron chi connectivity index (χ2n) is 11.8. The van der Waals surface area contributed by atoms with Crippen molar-refractivity contribution >= 4 is 41.4 Å². The molecule has 10 N–H and O–H groups in total. The number of rotatable bonds is 10. The molecule has 0 saturated carbocycles. The van der Waals surface area contributed by atoms with Gasteiger partial charge >= 0.3 is 5.97 Å². The zero-order valence-electron chi connectivity index (χ0n) is 26.5. The quantitative estimate of drug-likeness (QED) is 0.112. The van der Waals surface area contributed by atoms with Crippen LogP contribution in [0.25, 0.3) is 0 Å². The van der Waals surface area contributed by atoms with Crippen molar-refractivity contribution < 1.29 is 54.0 Å². The van der Waals surface area contributed by atoms with Crippen LogP contribution in [-0.2, 0) is 33.6 Å². The van der Waals surface area contributed by atoms with E-state index < -0.39 is 115 Å². The first kappa shape index (κ1) is 39.2. The number of carbonyl (C=O) groups excluding carboxylic acids is 6. The Morgan fingerprint density at radius 1 is 0.644 bits per heavy atom. The van der Waals surface area contributed by atoms with Gasteiger partial charge in [0.25, 0.3) is 0 Å². The highest BCUT2D eigenvalue weighted by Gasteiger charge is 2.38. The molecule has 17 nitrogen and oxygen atoms in total. The molecular formula is C28H48N6O11. The Morgan fingerprint density at radius 3 is 1.49 bits per heavy atom. The second kappa shape index (κ2) is 18.2. The van der Waals surface area contributed by atoms with Crippen LogP contribution in [0.15, 0.2) is 0 Å². The average molecular weight is 645 g/mol. The number of amides is 6. The minimum Gasteiger partial charge on any atom is -0.481 e. The summed E-state index contributed by atoms with van der Waals surface area (Å²) >= 11 is 0. The van der Waals surface area contributed by atoms with E-state index in [1.165, 1.54) is 6.92 Å². The van der Waals surface area contributed by atoms with E-state index in [0.717, 1.165) is 6.92 Å². The summed E-state index contributed by atoms with van der Waals surface area (Å²) in [5, 5.41) is 53.9. The Balaban J connectivity index is 3.69. The van der Waals surface area contributed by atoms with Crippen LogP contribution >= 0.6 is 0 Å². The number of aliphatic hydroxyl groups is 3. The van der Waals surface area contributed by atoms with Gasteiger partial charge in [0.2, 0.25) is 35.4 Å². The highest BCUT2D eigenvalue weighted by atomic mass is 16.4. The van der Waals surface area contributed by atoms with Crippen LogP contribution in [0.2, 0.25) is 0 Å². The molecule has 256 valence electrons. The SMILES string of the molecule is CC[C@H](C)[C@@H]1NC(=O)[C@H]([C@@H](C)O)NC(=O)[C@H]([C@@H](C)O)NC(=O)[C@H](CCC(=O)O)NC(=O)[C@H](CO)NC(=O)[C@H](CC(C)C)NC1=O. The molecule has 1 aliphatic rings. The molecule has 9 atom stereocenters. The number of hydrogen-bond acceptors (Lipinski definition) is 10. The number of aliphatic hydroxyl groups excluding tert-OH is 3. The summed E-state index contributed by atoms with van der Waals surface area (Å²) in [7, 11) is 0. The largest absolute Gasteiger partial charge is 0.481 e. The number of nitrogens with one attached hydrogen (secondary N) is 6. The Morgan fingerprint density at radius 2 is 1.04 bits per heavy atom. The van der Waals surface area contributed by atoms with Crippen LogP contribution in [-0.4, -0.2) is 117 Å². The molecule has 45 heavy (non-hydrogen) atoms. The topological polar surface area (TPSA) is 273 Å². The normalized spacial score (nSPS) is 28.2. The average Bonchev–Trinajstić information content (AvgIpc) is 2.95. The van der Waals surface area contributed by atoms with E-state index >= 15 is 0 Å². The zero-order valence-corrected chi connectivity index (χ0v) is 26.5. The molecule has 0 aromatic rings. The number of carboxylic acid groups (broad SMARTS) is 1. The Hall–Kier alpha value is -3.83. The van der Waals surface area contributed by atoms with Crippen molar-refractivity contribution in [2.45, 2.75) is 116 Å². The van der Waals surface area contributed by atoms with Crippen molar-refractivity contribution in [3.8, 4) is 0 Å². The number of carbonyl (C=O) groups is 7. The first-order valence-electron chi connectivity index (χ1n) is 14.9. The zero-order chi connectivity index (χ0) is 34.6. The lowest BCUT2D eigenvalue weighted by molar-refractivity contribution is -0.140. The highest BCUT2D eigenvalue weighted by molar-refractivity contribution is 5.98. The molecule has 0 aliphatic carbocycles. The van der Waals surface area contributed by atoms with Crippen molar-refractivity contribution in [1.29, 1.82) is 0 Å². The fraction of sp³-hybridized carbons (Fsp3) is 0.750. The predicted molar refractivity (Wildman–Crippen MR) is 158 cm³/mol. The third-order valence-electron chi connectivity index (χ3n) is 7.35. The molecule has 1 fully saturated rings. The molecule has 1 rings (SSSR count). The van der Waals surface area contributed by atoms with E-state index in [4.69, 9.17) is 5.11 Å². The van der Waals surface area contributed by atoms with E-state index in [0.29, 0.717) is 6.42 Å². The van der Waals surface area contributed by atoms with Gasteiger partial charge in [-0.3, -0.25) is 33.6 Å². The molecule has 0 aromatic carbocycles. The van der Waals surface area contributed by atoms with Crippen molar-refractivity contribution in [3.63, 3.8) is 0 Å². The smallest absolute Gasteiger partial charge is 0.303 e. The van der Waals surface area contributed by atoms with Crippen molar-refractivity contribution in [1.82, 2.24) is 31.9 Å². The molecule has 0 radical (unpaired) electrons. The molecular weight excluding hydrogens is 596 g/mol. The molecule has 1 saturated heterocycles. The van der Waals surface area contributed by atoms with Crippen LogP contribution in [0.5, 0.6) is 0 Å². The van der Waals surface area contributed by atoms with E-state index in [2.05, 4.69) is 31.9 Å². The monoisotopic (exact) mass is 644 g/mol. The van der Waals surface area contributed by atoms with Gasteiger partial charge in [-0.25, -0.2) is 0 Å². The molecule has 1 heterocycles. The van der Waals surface area contributed by atoms with Gasteiger partial charge in [0, 0.05) is 6.42 Å². The van der Waals surface area contributed by atoms with Gasteiger partial charge in [0.15, 0.2) is 0 Å². The minimum absolute atomic E-state index is 0.0925. The second-order valence-corrected chi connectivity index (χ2v) is 11.8. The summed E-state index contributed by atoms with van der Waals surface area (Å²) in [6.07, 6.45) is -3.68. The summed E-state index contributed by atoms with van der Waals surface area (Å²) in [6, 6.07) is -9.10. The van der Waals surface area contributed by atoms with Gasteiger partial charge in [-0.05, 0) is 38.5 Å². The van der Waals surface area contributed by atoms with Crippen LogP contribution in [0.4, 0.5) is 0 Å². The lowest BCUT2D eigenvalue weighted by atomic mass is 9.96. The fourth-order valence-corrected chi connectivity index (χ4v) is 4.49. The number of carboxylic acids is 1. The summed E-state index contributed by atoms with van der Waals surface area (Å²) < 4.78 is 0. The van der Waals surface area contributed by atoms with E-state index in [1.807, 2.05) is 0 Å². The Kier molecular flexibility index (Phi) is 15.9. The standard InChI is InChI=1S/C28H48N6O11/c1-7-13(4)20-26(43)30-17(10-12(2)3)24(41)31-18(11-35)25(42)29-16(8-9-19(38)39)23(40)33-21(14(5)36)28(45)34-22(15(6)37)27(44)32-20/h12-18,20-22,35-37H,7-11H2,1-6H3,(H,29,42)(H,30,43)(H,31,41)(H,32,44)(H,33,40)(H,34,45)(H,38,39)/t13-,14+,15+,16-,17-,18-,20-,21-,22-/m0/s1. The molecule has 0 spiro atoms. The molecule has 17 heteroatoms. The molecule has 1 aliphatic heterocycles. The minimum atomic E-state index is -1.74. The molecule has 0 bridgehead atoms. The number of hydrogen-bond donors (Lipinski definition) is 10. The molecule has 0 aromatic heterocycles. The fourth-order valence-electron chi connectivity index (χ4n) is 4.49.